The maximum Gasteiger partial charge on any atom is 0.122 e. The number of nitrogens with one attached hydrogen (secondary N) is 1. The standard InChI is InChI=1S/C13H20ClN3O/c1-13(2,18)8-17(3)7-10-5-4-9(12(15)16)6-11(10)14/h4-6,18H,7-8H2,1-3H3,(H3,15,16). The number of halogens is 1. The Kier molecular flexibility index (Phi) is 4.73. The van der Waals surface area contributed by atoms with Gasteiger partial charge in [0, 0.05) is 23.7 Å². The van der Waals surface area contributed by atoms with E-state index in [-0.39, 0.29) is 5.84 Å². The van der Waals surface area contributed by atoms with E-state index in [1.165, 1.54) is 0 Å². The van der Waals surface area contributed by atoms with Crippen molar-refractivity contribution in [2.24, 2.45) is 5.73 Å². The number of hydrogen-bond donors (Lipinski definition) is 3. The Labute approximate surface area is 113 Å². The first-order valence-electron chi connectivity index (χ1n) is 5.73. The molecule has 0 unspecified atom stereocenters. The topological polar surface area (TPSA) is 73.3 Å². The van der Waals surface area contributed by atoms with Gasteiger partial charge in [0.15, 0.2) is 0 Å². The van der Waals surface area contributed by atoms with Crippen molar-refractivity contribution < 1.29 is 5.11 Å². The zero-order valence-corrected chi connectivity index (χ0v) is 11.8. The van der Waals surface area contributed by atoms with Crippen LogP contribution in [0.25, 0.3) is 0 Å². The molecule has 0 amide bonds. The van der Waals surface area contributed by atoms with Crippen molar-refractivity contribution in [2.75, 3.05) is 13.6 Å². The van der Waals surface area contributed by atoms with Crippen LogP contribution in [0.5, 0.6) is 0 Å². The van der Waals surface area contributed by atoms with Gasteiger partial charge in [-0.25, -0.2) is 0 Å². The van der Waals surface area contributed by atoms with Crippen LogP contribution in [0.2, 0.25) is 5.02 Å². The van der Waals surface area contributed by atoms with E-state index in [1.807, 2.05) is 18.0 Å². The van der Waals surface area contributed by atoms with Crippen LogP contribution >= 0.6 is 11.6 Å². The van der Waals surface area contributed by atoms with Gasteiger partial charge in [0.2, 0.25) is 0 Å². The largest absolute Gasteiger partial charge is 0.389 e. The van der Waals surface area contributed by atoms with E-state index in [0.717, 1.165) is 5.56 Å². The molecule has 0 bridgehead atoms. The molecule has 0 saturated carbocycles. The molecule has 0 aliphatic rings. The number of nitrogens with zero attached hydrogens (tertiary/aromatic N) is 1. The third-order valence-electron chi connectivity index (χ3n) is 2.46. The molecular formula is C13H20ClN3O. The summed E-state index contributed by atoms with van der Waals surface area (Å²) in [6.07, 6.45) is 0. The summed E-state index contributed by atoms with van der Waals surface area (Å²) in [4.78, 5) is 1.99. The Bertz CT molecular complexity index is 440. The highest BCUT2D eigenvalue weighted by molar-refractivity contribution is 6.31. The highest BCUT2D eigenvalue weighted by atomic mass is 35.5. The average Bonchev–Trinajstić information content (AvgIpc) is 2.17. The molecule has 100 valence electrons. The third kappa shape index (κ3) is 4.64. The Morgan fingerprint density at radius 2 is 2.11 bits per heavy atom. The molecule has 4 nitrogen and oxygen atoms in total. The summed E-state index contributed by atoms with van der Waals surface area (Å²) < 4.78 is 0. The molecule has 1 aromatic carbocycles. The molecule has 5 heteroatoms. The van der Waals surface area contributed by atoms with Crippen molar-refractivity contribution in [1.29, 1.82) is 5.41 Å². The number of likely N-dealkylation sites (N-methyl/N-ethyl adjacent to an activating group) is 1. The number of nitrogen functional groups attached to an aromatic ring is 1. The van der Waals surface area contributed by atoms with Crippen molar-refractivity contribution in [2.45, 2.75) is 26.0 Å². The van der Waals surface area contributed by atoms with E-state index < -0.39 is 5.60 Å². The maximum absolute atomic E-state index is 9.73. The lowest BCUT2D eigenvalue weighted by Gasteiger charge is -2.25. The molecule has 0 atom stereocenters. The van der Waals surface area contributed by atoms with E-state index in [1.54, 1.807) is 26.0 Å². The molecule has 0 radical (unpaired) electrons. The van der Waals surface area contributed by atoms with Crippen LogP contribution in [-0.2, 0) is 6.54 Å². The molecule has 0 aromatic heterocycles. The molecule has 0 aliphatic heterocycles. The van der Waals surface area contributed by atoms with Crippen molar-refractivity contribution >= 4 is 17.4 Å². The Morgan fingerprint density at radius 1 is 1.50 bits per heavy atom. The van der Waals surface area contributed by atoms with Crippen molar-refractivity contribution in [3.05, 3.63) is 34.3 Å². The van der Waals surface area contributed by atoms with Crippen LogP contribution in [-0.4, -0.2) is 35.0 Å². The molecular weight excluding hydrogens is 250 g/mol. The van der Waals surface area contributed by atoms with Gasteiger partial charge in [-0.3, -0.25) is 10.3 Å². The van der Waals surface area contributed by atoms with Gasteiger partial charge in [0.25, 0.3) is 0 Å². The lowest BCUT2D eigenvalue weighted by atomic mass is 10.1. The van der Waals surface area contributed by atoms with Crippen LogP contribution in [0.4, 0.5) is 0 Å². The van der Waals surface area contributed by atoms with Gasteiger partial charge in [-0.05, 0) is 32.5 Å². The predicted octanol–water partition coefficient (Wildman–Crippen LogP) is 1.83. The van der Waals surface area contributed by atoms with Crippen LogP contribution < -0.4 is 5.73 Å². The normalized spacial score (nSPS) is 11.9. The van der Waals surface area contributed by atoms with Crippen LogP contribution in [0.15, 0.2) is 18.2 Å². The molecule has 0 spiro atoms. The van der Waals surface area contributed by atoms with Gasteiger partial charge in [0.1, 0.15) is 5.84 Å². The summed E-state index contributed by atoms with van der Waals surface area (Å²) in [5.74, 6) is 0.00768. The fraction of sp³-hybridized carbons (Fsp3) is 0.462. The lowest BCUT2D eigenvalue weighted by molar-refractivity contribution is 0.0425. The van der Waals surface area contributed by atoms with Crippen LogP contribution in [0.3, 0.4) is 0 Å². The smallest absolute Gasteiger partial charge is 0.122 e. The van der Waals surface area contributed by atoms with Gasteiger partial charge in [-0.2, -0.15) is 0 Å². The predicted molar refractivity (Wildman–Crippen MR) is 75.1 cm³/mol. The summed E-state index contributed by atoms with van der Waals surface area (Å²) in [5, 5.41) is 17.7. The quantitative estimate of drug-likeness (QED) is 0.564. The minimum atomic E-state index is -0.736. The van der Waals surface area contributed by atoms with Crippen molar-refractivity contribution in [1.82, 2.24) is 4.90 Å². The molecule has 18 heavy (non-hydrogen) atoms. The van der Waals surface area contributed by atoms with Gasteiger partial charge < -0.3 is 10.8 Å². The van der Waals surface area contributed by atoms with Crippen LogP contribution in [0, 0.1) is 5.41 Å². The van der Waals surface area contributed by atoms with Gasteiger partial charge in [-0.1, -0.05) is 23.7 Å². The Hall–Kier alpha value is -1.10. The number of benzene rings is 1. The van der Waals surface area contributed by atoms with Gasteiger partial charge in [0.05, 0.1) is 5.60 Å². The summed E-state index contributed by atoms with van der Waals surface area (Å²) in [6, 6.07) is 5.33. The molecule has 0 saturated heterocycles. The number of nitrogens with two attached hydrogens (primary N) is 1. The first kappa shape index (κ1) is 15.0. The maximum atomic E-state index is 9.73. The summed E-state index contributed by atoms with van der Waals surface area (Å²) in [6.45, 7) is 4.73. The minimum Gasteiger partial charge on any atom is -0.389 e. The van der Waals surface area contributed by atoms with E-state index >= 15 is 0 Å². The van der Waals surface area contributed by atoms with Gasteiger partial charge in [-0.15, -0.1) is 0 Å². The first-order chi connectivity index (χ1) is 8.19. The minimum absolute atomic E-state index is 0.00768. The SMILES string of the molecule is CN(Cc1ccc(C(=N)N)cc1Cl)CC(C)(C)O. The highest BCUT2D eigenvalue weighted by Gasteiger charge is 2.16. The summed E-state index contributed by atoms with van der Waals surface area (Å²) >= 11 is 6.15. The second-order valence-electron chi connectivity index (χ2n) is 5.20. The zero-order chi connectivity index (χ0) is 13.9. The first-order valence-corrected chi connectivity index (χ1v) is 6.10. The fourth-order valence-electron chi connectivity index (χ4n) is 1.85. The molecule has 1 aromatic rings. The van der Waals surface area contributed by atoms with Crippen molar-refractivity contribution in [3.63, 3.8) is 0 Å². The summed E-state index contributed by atoms with van der Waals surface area (Å²) in [7, 11) is 1.92. The summed E-state index contributed by atoms with van der Waals surface area (Å²) in [5.41, 5.74) is 6.23. The number of amidine groups is 1. The Morgan fingerprint density at radius 3 is 2.56 bits per heavy atom. The number of rotatable bonds is 5. The van der Waals surface area contributed by atoms with Crippen LogP contribution in [0.1, 0.15) is 25.0 Å². The number of aliphatic hydroxyl groups is 1. The molecule has 0 fully saturated rings. The number of hydrogen-bond acceptors (Lipinski definition) is 3. The lowest BCUT2D eigenvalue weighted by Crippen LogP contribution is -2.35. The highest BCUT2D eigenvalue weighted by Crippen LogP contribution is 2.19. The molecule has 1 rings (SSSR count). The monoisotopic (exact) mass is 269 g/mol. The van der Waals surface area contributed by atoms with E-state index in [4.69, 9.17) is 22.7 Å². The zero-order valence-electron chi connectivity index (χ0n) is 11.0. The van der Waals surface area contributed by atoms with Gasteiger partial charge >= 0.3 is 0 Å². The van der Waals surface area contributed by atoms with Crippen molar-refractivity contribution in [3.8, 4) is 0 Å². The second-order valence-corrected chi connectivity index (χ2v) is 5.61. The fourth-order valence-corrected chi connectivity index (χ4v) is 2.09. The average molecular weight is 270 g/mol. The van der Waals surface area contributed by atoms with E-state index in [2.05, 4.69) is 0 Å². The van der Waals surface area contributed by atoms with E-state index in [0.29, 0.717) is 23.7 Å². The molecule has 0 aliphatic carbocycles. The molecule has 4 N–H and O–H groups in total. The molecule has 0 heterocycles. The Balaban J connectivity index is 2.77. The second kappa shape index (κ2) is 5.69. The third-order valence-corrected chi connectivity index (χ3v) is 2.81. The van der Waals surface area contributed by atoms with E-state index in [9.17, 15) is 5.11 Å².